The maximum atomic E-state index is 12.6. The smallest absolute Gasteiger partial charge is 0.343 e. The molecule has 1 saturated heterocycles. The quantitative estimate of drug-likeness (QED) is 0.792. The molecule has 1 aliphatic heterocycles. The lowest BCUT2D eigenvalue weighted by atomic mass is 10.1. The minimum absolute atomic E-state index is 0.00586. The predicted octanol–water partition coefficient (Wildman–Crippen LogP) is 2.87. The highest BCUT2D eigenvalue weighted by Gasteiger charge is 2.30. The summed E-state index contributed by atoms with van der Waals surface area (Å²) in [4.78, 5) is 13.9. The molecule has 1 aromatic rings. The lowest BCUT2D eigenvalue weighted by Crippen LogP contribution is -2.39. The van der Waals surface area contributed by atoms with E-state index in [0.29, 0.717) is 13.1 Å². The van der Waals surface area contributed by atoms with Gasteiger partial charge in [0, 0.05) is 26.1 Å². The molecule has 0 radical (unpaired) electrons. The molecule has 0 atom stereocenters. The first kappa shape index (κ1) is 19.6. The first-order valence-corrected chi connectivity index (χ1v) is 9.86. The van der Waals surface area contributed by atoms with Gasteiger partial charge in [-0.3, -0.25) is 9.10 Å². The number of hydrogen-bond donors (Lipinski definition) is 0. The molecule has 25 heavy (non-hydrogen) atoms. The van der Waals surface area contributed by atoms with Crippen molar-refractivity contribution in [3.63, 3.8) is 0 Å². The fraction of sp³-hybridized carbons (Fsp3) is 0.562. The lowest BCUT2D eigenvalue weighted by Gasteiger charge is -2.28. The van der Waals surface area contributed by atoms with E-state index >= 15 is 0 Å². The summed E-state index contributed by atoms with van der Waals surface area (Å²) in [5.41, 5.74) is -0.740. The summed E-state index contributed by atoms with van der Waals surface area (Å²) < 4.78 is 62.8. The maximum absolute atomic E-state index is 12.6. The van der Waals surface area contributed by atoms with E-state index in [1.807, 2.05) is 0 Å². The van der Waals surface area contributed by atoms with Gasteiger partial charge >= 0.3 is 6.18 Å². The highest BCUT2D eigenvalue weighted by atomic mass is 32.2. The number of amides is 1. The van der Waals surface area contributed by atoms with Crippen molar-refractivity contribution in [2.75, 3.05) is 30.2 Å². The Kier molecular flexibility index (Phi) is 5.97. The SMILES string of the molecule is CS(=O)(=O)N(CCC(=O)N1CCCCC1)c1ccc(C(F)(F)F)cc1. The topological polar surface area (TPSA) is 57.7 Å². The molecule has 1 amide bonds. The molecular formula is C16H21F3N2O3S. The van der Waals surface area contributed by atoms with Crippen molar-refractivity contribution in [3.05, 3.63) is 29.8 Å². The molecule has 0 N–H and O–H groups in total. The zero-order valence-corrected chi connectivity index (χ0v) is 14.7. The van der Waals surface area contributed by atoms with Gasteiger partial charge in [0.25, 0.3) is 0 Å². The van der Waals surface area contributed by atoms with Crippen LogP contribution in [0.3, 0.4) is 0 Å². The summed E-state index contributed by atoms with van der Waals surface area (Å²) in [5, 5.41) is 0. The average Bonchev–Trinajstić information content (AvgIpc) is 2.54. The zero-order chi connectivity index (χ0) is 18.7. The molecule has 1 aromatic carbocycles. The largest absolute Gasteiger partial charge is 0.416 e. The van der Waals surface area contributed by atoms with Crippen LogP contribution in [0.15, 0.2) is 24.3 Å². The fourth-order valence-electron chi connectivity index (χ4n) is 2.80. The normalized spacial score (nSPS) is 15.9. The van der Waals surface area contributed by atoms with Crippen LogP contribution in [0.1, 0.15) is 31.2 Å². The second-order valence-electron chi connectivity index (χ2n) is 6.07. The fourth-order valence-corrected chi connectivity index (χ4v) is 3.73. The first-order chi connectivity index (χ1) is 11.6. The molecule has 0 spiro atoms. The lowest BCUT2D eigenvalue weighted by molar-refractivity contribution is -0.137. The molecule has 1 aliphatic rings. The Morgan fingerprint density at radius 3 is 2.16 bits per heavy atom. The number of piperidine rings is 1. The number of carbonyl (C=O) groups excluding carboxylic acids is 1. The van der Waals surface area contributed by atoms with E-state index < -0.39 is 21.8 Å². The van der Waals surface area contributed by atoms with E-state index in [1.165, 1.54) is 0 Å². The van der Waals surface area contributed by atoms with Crippen molar-refractivity contribution < 1.29 is 26.4 Å². The highest BCUT2D eigenvalue weighted by Crippen LogP contribution is 2.31. The molecular weight excluding hydrogens is 357 g/mol. The number of hydrogen-bond acceptors (Lipinski definition) is 3. The minimum atomic E-state index is -4.49. The van der Waals surface area contributed by atoms with Gasteiger partial charge in [-0.15, -0.1) is 0 Å². The number of likely N-dealkylation sites (tertiary alicyclic amines) is 1. The molecule has 0 saturated carbocycles. The molecule has 0 aromatic heterocycles. The van der Waals surface area contributed by atoms with Crippen molar-refractivity contribution in [1.82, 2.24) is 4.90 Å². The summed E-state index contributed by atoms with van der Waals surface area (Å²) >= 11 is 0. The van der Waals surface area contributed by atoms with E-state index in [4.69, 9.17) is 0 Å². The summed E-state index contributed by atoms with van der Waals surface area (Å²) in [6, 6.07) is 3.88. The van der Waals surface area contributed by atoms with Crippen LogP contribution >= 0.6 is 0 Å². The van der Waals surface area contributed by atoms with Gasteiger partial charge in [-0.2, -0.15) is 13.2 Å². The molecule has 1 heterocycles. The van der Waals surface area contributed by atoms with E-state index in [9.17, 15) is 26.4 Å². The van der Waals surface area contributed by atoms with Gasteiger partial charge in [-0.1, -0.05) is 0 Å². The van der Waals surface area contributed by atoms with Gasteiger partial charge in [0.2, 0.25) is 15.9 Å². The molecule has 1 fully saturated rings. The first-order valence-electron chi connectivity index (χ1n) is 8.02. The van der Waals surface area contributed by atoms with Crippen LogP contribution in [0.5, 0.6) is 0 Å². The van der Waals surface area contributed by atoms with Crippen LogP contribution in [0, 0.1) is 0 Å². The monoisotopic (exact) mass is 378 g/mol. The number of halogens is 3. The van der Waals surface area contributed by atoms with Crippen LogP contribution < -0.4 is 4.31 Å². The van der Waals surface area contributed by atoms with E-state index in [1.54, 1.807) is 4.90 Å². The Bertz CT molecular complexity index is 696. The second-order valence-corrected chi connectivity index (χ2v) is 7.98. The average molecular weight is 378 g/mol. The molecule has 0 aliphatic carbocycles. The zero-order valence-electron chi connectivity index (χ0n) is 13.9. The Balaban J connectivity index is 2.10. The van der Waals surface area contributed by atoms with Gasteiger partial charge in [0.05, 0.1) is 17.5 Å². The number of anilines is 1. The third-order valence-corrected chi connectivity index (χ3v) is 5.31. The number of sulfonamides is 1. The Morgan fingerprint density at radius 2 is 1.68 bits per heavy atom. The maximum Gasteiger partial charge on any atom is 0.416 e. The van der Waals surface area contributed by atoms with Crippen molar-refractivity contribution >= 4 is 21.6 Å². The van der Waals surface area contributed by atoms with E-state index in [-0.39, 0.29) is 24.6 Å². The van der Waals surface area contributed by atoms with Gasteiger partial charge in [0.1, 0.15) is 0 Å². The Hall–Kier alpha value is -1.77. The number of rotatable bonds is 5. The second kappa shape index (κ2) is 7.63. The third kappa shape index (κ3) is 5.35. The molecule has 5 nitrogen and oxygen atoms in total. The Morgan fingerprint density at radius 1 is 1.12 bits per heavy atom. The van der Waals surface area contributed by atoms with E-state index in [2.05, 4.69) is 0 Å². The molecule has 140 valence electrons. The van der Waals surface area contributed by atoms with Gasteiger partial charge in [-0.25, -0.2) is 8.42 Å². The molecule has 2 rings (SSSR count). The highest BCUT2D eigenvalue weighted by molar-refractivity contribution is 7.92. The van der Waals surface area contributed by atoms with Crippen LogP contribution in [-0.4, -0.2) is 45.1 Å². The van der Waals surface area contributed by atoms with E-state index in [0.717, 1.165) is 54.1 Å². The number of alkyl halides is 3. The van der Waals surface area contributed by atoms with Crippen LogP contribution in [0.4, 0.5) is 18.9 Å². The standard InChI is InChI=1S/C16H21F3N2O3S/c1-25(23,24)21(12-9-15(22)20-10-3-2-4-11-20)14-7-5-13(6-8-14)16(17,18)19/h5-8H,2-4,9-12H2,1H3. The van der Waals surface area contributed by atoms with Crippen molar-refractivity contribution in [2.45, 2.75) is 31.9 Å². The van der Waals surface area contributed by atoms with Crippen LogP contribution in [-0.2, 0) is 21.0 Å². The van der Waals surface area contributed by atoms with Crippen LogP contribution in [0.2, 0.25) is 0 Å². The number of carbonyl (C=O) groups is 1. The van der Waals surface area contributed by atoms with Gasteiger partial charge in [0.15, 0.2) is 0 Å². The molecule has 9 heteroatoms. The summed E-state index contributed by atoms with van der Waals surface area (Å²) in [6.45, 7) is 1.23. The molecule has 0 unspecified atom stereocenters. The Labute approximate surface area is 145 Å². The van der Waals surface area contributed by atoms with Gasteiger partial charge in [-0.05, 0) is 43.5 Å². The summed E-state index contributed by atoms with van der Waals surface area (Å²) in [5.74, 6) is -0.139. The third-order valence-electron chi connectivity index (χ3n) is 4.12. The summed E-state index contributed by atoms with van der Waals surface area (Å²) in [6.07, 6.45) is -0.589. The number of benzene rings is 1. The van der Waals surface area contributed by atoms with Crippen molar-refractivity contribution in [1.29, 1.82) is 0 Å². The van der Waals surface area contributed by atoms with Gasteiger partial charge < -0.3 is 4.90 Å². The molecule has 0 bridgehead atoms. The minimum Gasteiger partial charge on any atom is -0.343 e. The van der Waals surface area contributed by atoms with Crippen LogP contribution in [0.25, 0.3) is 0 Å². The van der Waals surface area contributed by atoms with Crippen molar-refractivity contribution in [2.24, 2.45) is 0 Å². The predicted molar refractivity (Wildman–Crippen MR) is 88.7 cm³/mol. The number of nitrogens with zero attached hydrogens (tertiary/aromatic N) is 2. The summed E-state index contributed by atoms with van der Waals surface area (Å²) in [7, 11) is -3.71. The van der Waals surface area contributed by atoms with Crippen molar-refractivity contribution in [3.8, 4) is 0 Å².